The number of para-hydroxylation sites is 1. The van der Waals surface area contributed by atoms with Gasteiger partial charge in [0.2, 0.25) is 0 Å². The van der Waals surface area contributed by atoms with Crippen molar-refractivity contribution in [3.05, 3.63) is 65.7 Å². The highest BCUT2D eigenvalue weighted by Crippen LogP contribution is 2.17. The summed E-state index contributed by atoms with van der Waals surface area (Å²) in [6, 6.07) is 18.0. The van der Waals surface area contributed by atoms with Gasteiger partial charge in [-0.05, 0) is 37.5 Å². The largest absolute Gasteiger partial charge is 0.348 e. The minimum atomic E-state index is -0.164. The maximum atomic E-state index is 12.5. The number of benzene rings is 2. The molecule has 0 aliphatic heterocycles. The zero-order valence-corrected chi connectivity index (χ0v) is 14.0. The number of hydroxylamine groups is 2. The lowest BCUT2D eigenvalue weighted by atomic mass is 10.1. The lowest BCUT2D eigenvalue weighted by Gasteiger charge is -2.27. The molecule has 0 saturated carbocycles. The van der Waals surface area contributed by atoms with E-state index in [1.54, 1.807) is 11.9 Å². The summed E-state index contributed by atoms with van der Waals surface area (Å²) in [7, 11) is 3.12. The summed E-state index contributed by atoms with van der Waals surface area (Å²) in [4.78, 5) is 19.3. The highest BCUT2D eigenvalue weighted by Gasteiger charge is 2.19. The van der Waals surface area contributed by atoms with Crippen LogP contribution in [0.25, 0.3) is 0 Å². The SMILES string of the molecule is CON(C)C(=O)N(CCCc1cccc(C)c1)c1ccccc1. The Labute approximate surface area is 138 Å². The van der Waals surface area contributed by atoms with Crippen LogP contribution in [0, 0.1) is 6.92 Å². The van der Waals surface area contributed by atoms with Crippen molar-refractivity contribution in [2.45, 2.75) is 19.8 Å². The molecule has 0 fully saturated rings. The molecule has 4 nitrogen and oxygen atoms in total. The molecule has 0 bridgehead atoms. The quantitative estimate of drug-likeness (QED) is 0.754. The molecule has 0 spiro atoms. The fourth-order valence-corrected chi connectivity index (χ4v) is 2.50. The van der Waals surface area contributed by atoms with E-state index in [0.717, 1.165) is 18.5 Å². The summed E-state index contributed by atoms with van der Waals surface area (Å²) in [6.07, 6.45) is 1.83. The second kappa shape index (κ2) is 8.34. The van der Waals surface area contributed by atoms with Crippen molar-refractivity contribution in [1.29, 1.82) is 0 Å². The topological polar surface area (TPSA) is 32.8 Å². The molecule has 0 unspecified atom stereocenters. The van der Waals surface area contributed by atoms with Crippen LogP contribution >= 0.6 is 0 Å². The van der Waals surface area contributed by atoms with Gasteiger partial charge in [0.05, 0.1) is 7.11 Å². The molecule has 0 heterocycles. The minimum absolute atomic E-state index is 0.164. The van der Waals surface area contributed by atoms with E-state index in [0.29, 0.717) is 6.54 Å². The maximum Gasteiger partial charge on any atom is 0.348 e. The van der Waals surface area contributed by atoms with Gasteiger partial charge < -0.3 is 0 Å². The third-order valence-corrected chi connectivity index (χ3v) is 3.77. The molecule has 122 valence electrons. The van der Waals surface area contributed by atoms with E-state index in [2.05, 4.69) is 31.2 Å². The Morgan fingerprint density at radius 1 is 1.09 bits per heavy atom. The lowest BCUT2D eigenvalue weighted by Crippen LogP contribution is -2.41. The second-order valence-corrected chi connectivity index (χ2v) is 5.54. The summed E-state index contributed by atoms with van der Waals surface area (Å²) < 4.78 is 0. The van der Waals surface area contributed by atoms with Gasteiger partial charge in [-0.15, -0.1) is 0 Å². The summed E-state index contributed by atoms with van der Waals surface area (Å²) in [5.41, 5.74) is 3.44. The van der Waals surface area contributed by atoms with E-state index in [1.165, 1.54) is 23.3 Å². The van der Waals surface area contributed by atoms with E-state index in [-0.39, 0.29) is 6.03 Å². The standard InChI is InChI=1S/C19H24N2O2/c1-16-9-7-10-17(15-16)11-8-14-21(19(22)20(2)23-3)18-12-5-4-6-13-18/h4-7,9-10,12-13,15H,8,11,14H2,1-3H3. The lowest BCUT2D eigenvalue weighted by molar-refractivity contribution is -0.0622. The summed E-state index contributed by atoms with van der Waals surface area (Å²) >= 11 is 0. The number of hydrogen-bond donors (Lipinski definition) is 0. The van der Waals surface area contributed by atoms with Gasteiger partial charge >= 0.3 is 6.03 Å². The Morgan fingerprint density at radius 2 is 1.83 bits per heavy atom. The predicted molar refractivity (Wildman–Crippen MR) is 93.5 cm³/mol. The summed E-state index contributed by atoms with van der Waals surface area (Å²) in [5, 5.41) is 1.25. The van der Waals surface area contributed by atoms with Crippen molar-refractivity contribution in [2.75, 3.05) is 25.6 Å². The average molecular weight is 312 g/mol. The monoisotopic (exact) mass is 312 g/mol. The number of carbonyl (C=O) groups is 1. The van der Waals surface area contributed by atoms with E-state index < -0.39 is 0 Å². The molecule has 0 saturated heterocycles. The molecule has 0 aliphatic carbocycles. The third kappa shape index (κ3) is 4.83. The van der Waals surface area contributed by atoms with Crippen molar-refractivity contribution >= 4 is 11.7 Å². The van der Waals surface area contributed by atoms with Crippen LogP contribution in [0.4, 0.5) is 10.5 Å². The molecule has 0 N–H and O–H groups in total. The van der Waals surface area contributed by atoms with Crippen LogP contribution in [0.2, 0.25) is 0 Å². The zero-order chi connectivity index (χ0) is 16.7. The summed E-state index contributed by atoms with van der Waals surface area (Å²) in [6.45, 7) is 2.74. The first-order valence-corrected chi connectivity index (χ1v) is 7.81. The smallest absolute Gasteiger partial charge is 0.293 e. The first-order valence-electron chi connectivity index (χ1n) is 7.81. The fraction of sp³-hybridized carbons (Fsp3) is 0.316. The maximum absolute atomic E-state index is 12.5. The normalized spacial score (nSPS) is 10.4. The number of carbonyl (C=O) groups excluding carboxylic acids is 1. The molecular weight excluding hydrogens is 288 g/mol. The van der Waals surface area contributed by atoms with Crippen LogP contribution in [0.5, 0.6) is 0 Å². The van der Waals surface area contributed by atoms with Gasteiger partial charge in [-0.3, -0.25) is 9.74 Å². The highest BCUT2D eigenvalue weighted by molar-refractivity contribution is 5.91. The van der Waals surface area contributed by atoms with Crippen molar-refractivity contribution in [3.63, 3.8) is 0 Å². The minimum Gasteiger partial charge on any atom is -0.293 e. The highest BCUT2D eigenvalue weighted by atomic mass is 16.7. The Kier molecular flexibility index (Phi) is 6.18. The van der Waals surface area contributed by atoms with E-state index in [9.17, 15) is 4.79 Å². The van der Waals surface area contributed by atoms with Crippen LogP contribution in [0.15, 0.2) is 54.6 Å². The van der Waals surface area contributed by atoms with E-state index in [4.69, 9.17) is 4.84 Å². The van der Waals surface area contributed by atoms with E-state index >= 15 is 0 Å². The molecule has 2 amide bonds. The van der Waals surface area contributed by atoms with Crippen molar-refractivity contribution < 1.29 is 9.63 Å². The first kappa shape index (κ1) is 17.0. The van der Waals surface area contributed by atoms with Gasteiger partial charge in [0, 0.05) is 19.3 Å². The molecule has 2 aromatic carbocycles. The molecule has 0 atom stereocenters. The van der Waals surface area contributed by atoms with E-state index in [1.807, 2.05) is 30.3 Å². The average Bonchev–Trinajstić information content (AvgIpc) is 2.58. The van der Waals surface area contributed by atoms with Gasteiger partial charge in [-0.2, -0.15) is 0 Å². The molecule has 23 heavy (non-hydrogen) atoms. The number of aryl methyl sites for hydroxylation is 2. The fourth-order valence-electron chi connectivity index (χ4n) is 2.50. The molecule has 4 heteroatoms. The number of amides is 2. The number of urea groups is 1. The Bertz CT molecular complexity index is 628. The Morgan fingerprint density at radius 3 is 2.48 bits per heavy atom. The van der Waals surface area contributed by atoms with Crippen LogP contribution in [-0.4, -0.2) is 31.8 Å². The summed E-state index contributed by atoms with van der Waals surface area (Å²) in [5.74, 6) is 0. The van der Waals surface area contributed by atoms with Crippen molar-refractivity contribution in [1.82, 2.24) is 5.06 Å². The number of rotatable bonds is 6. The van der Waals surface area contributed by atoms with Crippen molar-refractivity contribution in [2.24, 2.45) is 0 Å². The molecule has 2 rings (SSSR count). The Hall–Kier alpha value is -2.33. The molecule has 0 aromatic heterocycles. The number of hydrogen-bond acceptors (Lipinski definition) is 2. The van der Waals surface area contributed by atoms with Crippen molar-refractivity contribution in [3.8, 4) is 0 Å². The van der Waals surface area contributed by atoms with Gasteiger partial charge in [-0.25, -0.2) is 9.86 Å². The second-order valence-electron chi connectivity index (χ2n) is 5.54. The number of anilines is 1. The third-order valence-electron chi connectivity index (χ3n) is 3.77. The van der Waals surface area contributed by atoms with Gasteiger partial charge in [0.1, 0.15) is 0 Å². The van der Waals surface area contributed by atoms with Crippen LogP contribution in [-0.2, 0) is 11.3 Å². The molecule has 2 aromatic rings. The van der Waals surface area contributed by atoms with Crippen LogP contribution < -0.4 is 4.90 Å². The predicted octanol–water partition coefficient (Wildman–Crippen LogP) is 4.05. The van der Waals surface area contributed by atoms with Gasteiger partial charge in [-0.1, -0.05) is 48.0 Å². The zero-order valence-electron chi connectivity index (χ0n) is 14.0. The number of nitrogens with zero attached hydrogens (tertiary/aromatic N) is 2. The van der Waals surface area contributed by atoms with Gasteiger partial charge in [0.15, 0.2) is 0 Å². The molecule has 0 aliphatic rings. The van der Waals surface area contributed by atoms with Crippen LogP contribution in [0.1, 0.15) is 17.5 Å². The molecule has 0 radical (unpaired) electrons. The van der Waals surface area contributed by atoms with Crippen LogP contribution in [0.3, 0.4) is 0 Å². The van der Waals surface area contributed by atoms with Gasteiger partial charge in [0.25, 0.3) is 0 Å². The molecular formula is C19H24N2O2. The Balaban J connectivity index is 2.04. The first-order chi connectivity index (χ1) is 11.1.